The molecule has 6 heterocycles. The van der Waals surface area contributed by atoms with E-state index in [0.717, 1.165) is 130 Å². The van der Waals surface area contributed by atoms with Crippen LogP contribution in [0.1, 0.15) is 22.3 Å². The van der Waals surface area contributed by atoms with Gasteiger partial charge in [-0.1, -0.05) is 109 Å². The van der Waals surface area contributed by atoms with Crippen LogP contribution in [0.5, 0.6) is 46.0 Å². The molecule has 0 saturated carbocycles. The standard InChI is InChI=1S/C70H48B3N3O4/c1-41-29-42(2)32-47(31-41)75-56-39-66-54(71-50-21-11-13-23-60(50)77-62-25-15-27-64(79-66)69(62)71)37-52(56)73-53-38-55-67(80-65-28-16-26-63-70(65)72(55)51-22-12-14-24-61(51)78-63)40-57(53)76(48-33-43(3)30-44(4)34-48)59-36-49(35-58(75)68(59)73)74(45-17-7-5-8-18-45)46-19-9-6-10-20-46/h5-40H,1-4H3. The molecule has 0 unspecified atom stereocenters. The molecule has 0 fully saturated rings. The minimum Gasteiger partial charge on any atom is -0.458 e. The topological polar surface area (TPSA) is 46.6 Å². The molecular weight excluding hydrogens is 979 g/mol. The van der Waals surface area contributed by atoms with E-state index in [0.29, 0.717) is 0 Å². The lowest BCUT2D eigenvalue weighted by atomic mass is 9.29. The molecule has 11 aromatic carbocycles. The second-order valence-electron chi connectivity index (χ2n) is 22.3. The van der Waals surface area contributed by atoms with Gasteiger partial charge in [-0.2, -0.15) is 0 Å². The third-order valence-corrected chi connectivity index (χ3v) is 17.1. The Morgan fingerprint density at radius 2 is 0.637 bits per heavy atom. The summed E-state index contributed by atoms with van der Waals surface area (Å²) in [5, 5.41) is 0. The summed E-state index contributed by atoms with van der Waals surface area (Å²) < 4.78 is 27.8. The molecule has 0 aliphatic carbocycles. The van der Waals surface area contributed by atoms with Crippen molar-refractivity contribution >= 4 is 120 Å². The van der Waals surface area contributed by atoms with Gasteiger partial charge >= 0.3 is 0 Å². The Hall–Kier alpha value is -9.79. The number of aryl methyl sites for hydroxylation is 4. The lowest BCUT2D eigenvalue weighted by Crippen LogP contribution is -2.65. The van der Waals surface area contributed by atoms with Gasteiger partial charge in [0.1, 0.15) is 46.0 Å². The molecule has 17 rings (SSSR count). The molecule has 376 valence electrons. The number of nitrogens with zero attached hydrogens (tertiary/aromatic N) is 3. The summed E-state index contributed by atoms with van der Waals surface area (Å²) in [4.78, 5) is 7.45. The largest absolute Gasteiger partial charge is 0.458 e. The quantitative estimate of drug-likeness (QED) is 0.159. The third-order valence-electron chi connectivity index (χ3n) is 17.1. The fourth-order valence-electron chi connectivity index (χ4n) is 14.2. The van der Waals surface area contributed by atoms with E-state index in [4.69, 9.17) is 18.9 Å². The lowest BCUT2D eigenvalue weighted by molar-refractivity contribution is 0.464. The molecule has 0 amide bonds. The van der Waals surface area contributed by atoms with Crippen LogP contribution >= 0.6 is 0 Å². The van der Waals surface area contributed by atoms with Crippen molar-refractivity contribution in [3.05, 3.63) is 241 Å². The minimum atomic E-state index is -0.265. The summed E-state index contributed by atoms with van der Waals surface area (Å²) >= 11 is 0. The fraction of sp³-hybridized carbons (Fsp3) is 0.0571. The molecule has 10 heteroatoms. The lowest BCUT2D eigenvalue weighted by Gasteiger charge is -2.46. The van der Waals surface area contributed by atoms with Crippen molar-refractivity contribution in [1.82, 2.24) is 0 Å². The first-order chi connectivity index (χ1) is 39.3. The maximum Gasteiger partial charge on any atom is 0.260 e. The first kappa shape index (κ1) is 45.3. The highest BCUT2D eigenvalue weighted by Crippen LogP contribution is 2.50. The Labute approximate surface area is 466 Å². The zero-order valence-electron chi connectivity index (χ0n) is 44.5. The number of rotatable bonds is 5. The zero-order chi connectivity index (χ0) is 53.1. The van der Waals surface area contributed by atoms with E-state index in [1.165, 1.54) is 38.6 Å². The average molecular weight is 1030 g/mol. The number of anilines is 9. The van der Waals surface area contributed by atoms with E-state index < -0.39 is 0 Å². The van der Waals surface area contributed by atoms with Crippen LogP contribution in [0.25, 0.3) is 0 Å². The minimum absolute atomic E-state index is 0.135. The Balaban J connectivity index is 1.02. The van der Waals surface area contributed by atoms with Crippen molar-refractivity contribution in [2.45, 2.75) is 27.7 Å². The predicted octanol–water partition coefficient (Wildman–Crippen LogP) is 11.9. The van der Waals surface area contributed by atoms with Gasteiger partial charge in [0.25, 0.3) is 20.1 Å². The van der Waals surface area contributed by atoms with E-state index in [1.807, 2.05) is 12.1 Å². The molecule has 6 aliphatic rings. The van der Waals surface area contributed by atoms with E-state index in [1.54, 1.807) is 0 Å². The van der Waals surface area contributed by atoms with Crippen LogP contribution < -0.4 is 82.8 Å². The molecule has 0 aromatic heterocycles. The Kier molecular flexibility index (Phi) is 9.54. The number of hydrogen-bond acceptors (Lipinski definition) is 7. The van der Waals surface area contributed by atoms with Gasteiger partial charge < -0.3 is 33.6 Å². The maximum absolute atomic E-state index is 7.21. The zero-order valence-corrected chi connectivity index (χ0v) is 44.5. The fourth-order valence-corrected chi connectivity index (χ4v) is 14.2. The summed E-state index contributed by atoms with van der Waals surface area (Å²) in [6.45, 7) is 8.29. The maximum atomic E-state index is 7.21. The van der Waals surface area contributed by atoms with Crippen LogP contribution in [0.3, 0.4) is 0 Å². The number of ether oxygens (including phenoxy) is 4. The van der Waals surface area contributed by atoms with Crippen LogP contribution in [0.15, 0.2) is 218 Å². The van der Waals surface area contributed by atoms with E-state index in [2.05, 4.69) is 249 Å². The number of benzene rings is 11. The summed E-state index contributed by atoms with van der Waals surface area (Å²) in [7, 11) is 0. The first-order valence-corrected chi connectivity index (χ1v) is 27.6. The van der Waals surface area contributed by atoms with Crippen LogP contribution in [0, 0.1) is 27.7 Å². The second-order valence-corrected chi connectivity index (χ2v) is 22.3. The van der Waals surface area contributed by atoms with Gasteiger partial charge in [0.05, 0.1) is 5.69 Å². The van der Waals surface area contributed by atoms with Gasteiger partial charge in [0.2, 0.25) is 0 Å². The Bertz CT molecular complexity index is 4170. The van der Waals surface area contributed by atoms with Gasteiger partial charge in [0.15, 0.2) is 0 Å². The van der Waals surface area contributed by atoms with E-state index in [-0.39, 0.29) is 20.1 Å². The van der Waals surface area contributed by atoms with Crippen molar-refractivity contribution in [3.63, 3.8) is 0 Å². The molecule has 0 saturated heterocycles. The normalized spacial score (nSPS) is 13.8. The van der Waals surface area contributed by atoms with Crippen LogP contribution in [0.2, 0.25) is 0 Å². The van der Waals surface area contributed by atoms with Crippen LogP contribution in [-0.2, 0) is 0 Å². The molecule has 7 nitrogen and oxygen atoms in total. The smallest absolute Gasteiger partial charge is 0.260 e. The van der Waals surface area contributed by atoms with E-state index in [9.17, 15) is 0 Å². The summed E-state index contributed by atoms with van der Waals surface area (Å²) in [5.41, 5.74) is 24.5. The van der Waals surface area contributed by atoms with Gasteiger partial charge in [-0.15, -0.1) is 0 Å². The Morgan fingerprint density at radius 3 is 1.06 bits per heavy atom. The molecule has 80 heavy (non-hydrogen) atoms. The van der Waals surface area contributed by atoms with Gasteiger partial charge in [0, 0.05) is 68.6 Å². The molecule has 0 radical (unpaired) electrons. The highest BCUT2D eigenvalue weighted by molar-refractivity contribution is 7.03. The molecule has 11 aromatic rings. The third kappa shape index (κ3) is 6.59. The number of para-hydroxylation sites is 4. The van der Waals surface area contributed by atoms with Crippen molar-refractivity contribution in [3.8, 4) is 46.0 Å². The van der Waals surface area contributed by atoms with Gasteiger partial charge in [-0.05, 0) is 185 Å². The van der Waals surface area contributed by atoms with Crippen molar-refractivity contribution in [2.75, 3.05) is 14.7 Å². The molecule has 0 spiro atoms. The van der Waals surface area contributed by atoms with Crippen molar-refractivity contribution in [2.24, 2.45) is 0 Å². The predicted molar refractivity (Wildman–Crippen MR) is 329 cm³/mol. The highest BCUT2D eigenvalue weighted by Gasteiger charge is 2.49. The second kappa shape index (κ2) is 16.9. The average Bonchev–Trinajstić information content (AvgIpc) is 2.27. The summed E-state index contributed by atoms with van der Waals surface area (Å²) in [6.07, 6.45) is 0. The number of fused-ring (bicyclic) bond motifs is 12. The monoisotopic (exact) mass is 1030 g/mol. The van der Waals surface area contributed by atoms with Gasteiger partial charge in [-0.25, -0.2) is 0 Å². The van der Waals surface area contributed by atoms with Crippen molar-refractivity contribution < 1.29 is 18.9 Å². The molecule has 0 bridgehead atoms. The first-order valence-electron chi connectivity index (χ1n) is 27.6. The molecular formula is C70H48B3N3O4. The van der Waals surface area contributed by atoms with E-state index >= 15 is 0 Å². The summed E-state index contributed by atoms with van der Waals surface area (Å²) in [6, 6.07) is 79.3. The Morgan fingerprint density at radius 1 is 0.275 bits per heavy atom. The SMILES string of the molecule is Cc1cc(C)cc(N2c3cc4c(cc3B3c5cc6c(cc5N(c5cc(C)cc(C)c5)c5cc(N(c7ccccc7)c7ccccc7)cc2c53)Oc2cccc3c2B6c2ccccc2O3)B2c3ccccc3Oc3cccc(c32)O4)c1. The summed E-state index contributed by atoms with van der Waals surface area (Å²) in [5.74, 6) is 6.64. The number of hydrogen-bond donors (Lipinski definition) is 0. The highest BCUT2D eigenvalue weighted by atomic mass is 16.5. The van der Waals surface area contributed by atoms with Crippen LogP contribution in [-0.4, -0.2) is 20.1 Å². The van der Waals surface area contributed by atoms with Crippen molar-refractivity contribution in [1.29, 1.82) is 0 Å². The van der Waals surface area contributed by atoms with Gasteiger partial charge in [-0.3, -0.25) is 0 Å². The molecule has 0 atom stereocenters. The molecule has 0 N–H and O–H groups in total. The molecule has 6 aliphatic heterocycles. The van der Waals surface area contributed by atoms with Crippen LogP contribution in [0.4, 0.5) is 51.2 Å².